The van der Waals surface area contributed by atoms with Crippen LogP contribution in [0.25, 0.3) is 0 Å². The first-order chi connectivity index (χ1) is 10.9. The molecule has 1 aromatic carbocycles. The molecule has 0 aliphatic heterocycles. The molecule has 0 atom stereocenters. The first-order valence-electron chi connectivity index (χ1n) is 7.71. The highest BCUT2D eigenvalue weighted by molar-refractivity contribution is 5.50. The topological polar surface area (TPSA) is 82.6 Å². The third kappa shape index (κ3) is 7.08. The minimum atomic E-state index is 0.0736. The highest BCUT2D eigenvalue weighted by atomic mass is 15.3. The van der Waals surface area contributed by atoms with Crippen molar-refractivity contribution in [2.24, 2.45) is 21.4 Å². The average Bonchev–Trinajstić information content (AvgIpc) is 2.56. The quantitative estimate of drug-likeness (QED) is 0.611. The first-order valence-corrected chi connectivity index (χ1v) is 7.71. The van der Waals surface area contributed by atoms with Gasteiger partial charge in [0.25, 0.3) is 0 Å². The van der Waals surface area contributed by atoms with Gasteiger partial charge in [0.1, 0.15) is 12.0 Å². The minimum absolute atomic E-state index is 0.0736. The van der Waals surface area contributed by atoms with Crippen molar-refractivity contribution in [1.82, 2.24) is 4.90 Å². The second-order valence-corrected chi connectivity index (χ2v) is 6.17. The van der Waals surface area contributed by atoms with Gasteiger partial charge in [-0.15, -0.1) is 10.2 Å². The van der Waals surface area contributed by atoms with Gasteiger partial charge in [-0.05, 0) is 36.2 Å². The summed E-state index contributed by atoms with van der Waals surface area (Å²) in [4.78, 5) is 1.81. The van der Waals surface area contributed by atoms with E-state index in [2.05, 4.69) is 36.0 Å². The van der Waals surface area contributed by atoms with Crippen LogP contribution in [0, 0.1) is 5.41 Å². The van der Waals surface area contributed by atoms with Crippen molar-refractivity contribution in [1.29, 1.82) is 0 Å². The zero-order valence-electron chi connectivity index (χ0n) is 14.6. The summed E-state index contributed by atoms with van der Waals surface area (Å²) in [6.45, 7) is 9.62. The van der Waals surface area contributed by atoms with Crippen LogP contribution in [0.3, 0.4) is 0 Å². The normalized spacial score (nSPS) is 12.0. The summed E-state index contributed by atoms with van der Waals surface area (Å²) in [5.41, 5.74) is 7.63. The first kappa shape index (κ1) is 18.9. The van der Waals surface area contributed by atoms with E-state index in [0.29, 0.717) is 12.4 Å². The van der Waals surface area contributed by atoms with E-state index in [1.54, 1.807) is 0 Å². The fraction of sp³-hybridized carbons (Fsp3) is 0.412. The molecule has 6 heteroatoms. The molecule has 0 saturated heterocycles. The molecule has 0 saturated carbocycles. The molecule has 0 spiro atoms. The van der Waals surface area contributed by atoms with Gasteiger partial charge < -0.3 is 21.3 Å². The highest BCUT2D eigenvalue weighted by Gasteiger charge is 2.14. The Hall–Kier alpha value is -2.18. The van der Waals surface area contributed by atoms with Crippen LogP contribution in [0.15, 0.2) is 59.3 Å². The van der Waals surface area contributed by atoms with Crippen molar-refractivity contribution < 1.29 is 5.32 Å². The van der Waals surface area contributed by atoms with E-state index in [1.807, 2.05) is 61.0 Å². The fourth-order valence-corrected chi connectivity index (χ4v) is 1.55. The SMILES string of the molecule is C=C(N=Nc1ccc(NCC(C)(C)CN)cc1)N(C)/C=C\[NH2+]C. The second kappa shape index (κ2) is 9.07. The molecule has 126 valence electrons. The van der Waals surface area contributed by atoms with Gasteiger partial charge in [0.2, 0.25) is 0 Å². The monoisotopic (exact) mass is 317 g/mol. The van der Waals surface area contributed by atoms with Crippen molar-refractivity contribution in [3.8, 4) is 0 Å². The molecule has 0 unspecified atom stereocenters. The number of quaternary nitrogens is 1. The Bertz CT molecular complexity index is 545. The van der Waals surface area contributed by atoms with Gasteiger partial charge in [-0.3, -0.25) is 0 Å². The van der Waals surface area contributed by atoms with Crippen LogP contribution < -0.4 is 16.4 Å². The van der Waals surface area contributed by atoms with Gasteiger partial charge in [-0.25, -0.2) is 0 Å². The number of rotatable bonds is 9. The fourth-order valence-electron chi connectivity index (χ4n) is 1.55. The van der Waals surface area contributed by atoms with Crippen molar-refractivity contribution >= 4 is 11.4 Å². The number of nitrogens with zero attached hydrogens (tertiary/aromatic N) is 3. The average molecular weight is 317 g/mol. The lowest BCUT2D eigenvalue weighted by atomic mass is 9.94. The molecule has 0 aliphatic rings. The van der Waals surface area contributed by atoms with Gasteiger partial charge in [0.15, 0.2) is 0 Å². The zero-order valence-corrected chi connectivity index (χ0v) is 14.6. The molecule has 0 fully saturated rings. The van der Waals surface area contributed by atoms with Crippen molar-refractivity contribution in [3.05, 3.63) is 49.1 Å². The molecule has 0 bridgehead atoms. The van der Waals surface area contributed by atoms with Crippen LogP contribution in [0.4, 0.5) is 11.4 Å². The minimum Gasteiger partial charge on any atom is -0.384 e. The zero-order chi connectivity index (χ0) is 17.3. The molecule has 0 radical (unpaired) electrons. The standard InChI is InChI=1S/C17H28N6/c1-14(23(5)11-10-19-4)21-22-16-8-6-15(7-9-16)20-13-17(2,3)12-18/h6-11,19-20H,1,12-13,18H2,2-5H3/p+1/b11-10-,22-21?. The van der Waals surface area contributed by atoms with Crippen molar-refractivity contribution in [2.75, 3.05) is 32.5 Å². The molecular formula is C17H29N6+. The summed E-state index contributed by atoms with van der Waals surface area (Å²) in [5, 5.41) is 13.6. The Morgan fingerprint density at radius 1 is 1.39 bits per heavy atom. The second-order valence-electron chi connectivity index (χ2n) is 6.17. The van der Waals surface area contributed by atoms with Crippen LogP contribution in [0.1, 0.15) is 13.8 Å². The van der Waals surface area contributed by atoms with E-state index in [4.69, 9.17) is 5.73 Å². The van der Waals surface area contributed by atoms with Crippen LogP contribution in [0.2, 0.25) is 0 Å². The summed E-state index contributed by atoms with van der Waals surface area (Å²) in [6.07, 6.45) is 3.80. The predicted molar refractivity (Wildman–Crippen MR) is 96.2 cm³/mol. The van der Waals surface area contributed by atoms with E-state index in [-0.39, 0.29) is 5.41 Å². The third-order valence-electron chi connectivity index (χ3n) is 3.38. The molecule has 1 rings (SSSR count). The van der Waals surface area contributed by atoms with Gasteiger partial charge in [-0.1, -0.05) is 20.4 Å². The summed E-state index contributed by atoms with van der Waals surface area (Å²) < 4.78 is 0. The van der Waals surface area contributed by atoms with Crippen LogP contribution in [-0.4, -0.2) is 32.1 Å². The van der Waals surface area contributed by atoms with E-state index < -0.39 is 0 Å². The van der Waals surface area contributed by atoms with Gasteiger partial charge in [-0.2, -0.15) is 0 Å². The van der Waals surface area contributed by atoms with Crippen molar-refractivity contribution in [2.45, 2.75) is 13.8 Å². The van der Waals surface area contributed by atoms with Crippen LogP contribution in [-0.2, 0) is 0 Å². The van der Waals surface area contributed by atoms with Gasteiger partial charge in [0.05, 0.1) is 18.9 Å². The van der Waals surface area contributed by atoms with E-state index >= 15 is 0 Å². The Balaban J connectivity index is 2.58. The molecule has 0 aromatic heterocycles. The molecule has 0 aliphatic carbocycles. The summed E-state index contributed by atoms with van der Waals surface area (Å²) in [7, 11) is 3.84. The summed E-state index contributed by atoms with van der Waals surface area (Å²) in [6, 6.07) is 7.81. The number of nitrogens with one attached hydrogen (secondary N) is 1. The Morgan fingerprint density at radius 2 is 2.04 bits per heavy atom. The van der Waals surface area contributed by atoms with E-state index in [9.17, 15) is 0 Å². The molecule has 0 amide bonds. The molecule has 23 heavy (non-hydrogen) atoms. The maximum atomic E-state index is 5.73. The van der Waals surface area contributed by atoms with Gasteiger partial charge >= 0.3 is 0 Å². The number of azo groups is 1. The van der Waals surface area contributed by atoms with Crippen LogP contribution in [0.5, 0.6) is 0 Å². The summed E-state index contributed by atoms with van der Waals surface area (Å²) >= 11 is 0. The highest BCUT2D eigenvalue weighted by Crippen LogP contribution is 2.20. The maximum absolute atomic E-state index is 5.73. The van der Waals surface area contributed by atoms with Crippen molar-refractivity contribution in [3.63, 3.8) is 0 Å². The number of benzene rings is 1. The molecule has 6 nitrogen and oxygen atoms in total. The molecular weight excluding hydrogens is 288 g/mol. The molecule has 5 N–H and O–H groups in total. The number of hydrogen-bond acceptors (Lipinski definition) is 5. The maximum Gasteiger partial charge on any atom is 0.147 e. The number of nitrogens with two attached hydrogens (primary N) is 2. The predicted octanol–water partition coefficient (Wildman–Crippen LogP) is 2.23. The van der Waals surface area contributed by atoms with E-state index in [1.165, 1.54) is 0 Å². The van der Waals surface area contributed by atoms with Crippen LogP contribution >= 0.6 is 0 Å². The number of anilines is 1. The molecule has 1 aromatic rings. The lowest BCUT2D eigenvalue weighted by molar-refractivity contribution is -0.557. The lowest BCUT2D eigenvalue weighted by Gasteiger charge is -2.23. The largest absolute Gasteiger partial charge is 0.384 e. The Kier molecular flexibility index (Phi) is 7.44. The lowest BCUT2D eigenvalue weighted by Crippen LogP contribution is -2.72. The van der Waals surface area contributed by atoms with E-state index in [0.717, 1.165) is 17.9 Å². The molecule has 0 heterocycles. The number of hydrogen-bond donors (Lipinski definition) is 3. The summed E-state index contributed by atoms with van der Waals surface area (Å²) in [5.74, 6) is 0.579. The Morgan fingerprint density at radius 3 is 2.61 bits per heavy atom. The third-order valence-corrected chi connectivity index (χ3v) is 3.38. The van der Waals surface area contributed by atoms with Gasteiger partial charge in [0, 0.05) is 19.3 Å². The Labute approximate surface area is 139 Å². The smallest absolute Gasteiger partial charge is 0.147 e.